The predicted molar refractivity (Wildman–Crippen MR) is 156 cm³/mol. The van der Waals surface area contributed by atoms with Crippen LogP contribution in [0.3, 0.4) is 0 Å². The van der Waals surface area contributed by atoms with E-state index in [1.54, 1.807) is 6.07 Å². The number of fused-ring (bicyclic) bond motifs is 2. The Kier molecular flexibility index (Phi) is 7.85. The number of ether oxygens (including phenoxy) is 1. The molecule has 1 aliphatic rings. The number of rotatable bonds is 9. The monoisotopic (exact) mass is 536 g/mol. The van der Waals surface area contributed by atoms with Crippen LogP contribution in [0.25, 0.3) is 16.8 Å². The van der Waals surface area contributed by atoms with Crippen LogP contribution in [0.2, 0.25) is 0 Å². The molecule has 4 heterocycles. The Hall–Kier alpha value is -4.22. The number of nitrogens with zero attached hydrogens (tertiary/aromatic N) is 6. The molecule has 1 aromatic carbocycles. The Labute approximate surface area is 235 Å². The van der Waals surface area contributed by atoms with Crippen LogP contribution in [0.1, 0.15) is 65.1 Å². The molecule has 8 heteroatoms. The Morgan fingerprint density at radius 1 is 1.15 bits per heavy atom. The van der Waals surface area contributed by atoms with E-state index in [2.05, 4.69) is 66.2 Å². The van der Waals surface area contributed by atoms with Crippen molar-refractivity contribution in [2.75, 3.05) is 33.3 Å². The summed E-state index contributed by atoms with van der Waals surface area (Å²) in [5, 5.41) is 9.44. The largest absolute Gasteiger partial charge is 0.492 e. The van der Waals surface area contributed by atoms with Crippen LogP contribution in [0.15, 0.2) is 49.1 Å². The molecule has 0 bridgehead atoms. The molecule has 0 saturated heterocycles. The number of aromatic nitrogens is 3. The molecule has 0 aliphatic carbocycles. The van der Waals surface area contributed by atoms with Crippen LogP contribution in [0, 0.1) is 18.3 Å². The van der Waals surface area contributed by atoms with E-state index in [0.29, 0.717) is 30.2 Å². The highest BCUT2D eigenvalue weighted by Crippen LogP contribution is 2.36. The van der Waals surface area contributed by atoms with Gasteiger partial charge in [-0.2, -0.15) is 5.26 Å². The van der Waals surface area contributed by atoms with E-state index < -0.39 is 0 Å². The van der Waals surface area contributed by atoms with Crippen LogP contribution in [-0.4, -0.2) is 63.4 Å². The van der Waals surface area contributed by atoms with Crippen LogP contribution < -0.4 is 4.74 Å². The van der Waals surface area contributed by atoms with E-state index in [1.165, 1.54) is 6.20 Å². The van der Waals surface area contributed by atoms with Gasteiger partial charge in [0.1, 0.15) is 23.0 Å². The van der Waals surface area contributed by atoms with Gasteiger partial charge in [0.2, 0.25) is 0 Å². The van der Waals surface area contributed by atoms with Gasteiger partial charge in [-0.1, -0.05) is 13.0 Å². The summed E-state index contributed by atoms with van der Waals surface area (Å²) >= 11 is 0. The van der Waals surface area contributed by atoms with Gasteiger partial charge in [-0.3, -0.25) is 9.78 Å². The molecule has 0 radical (unpaired) electrons. The topological polar surface area (TPSA) is 86.8 Å². The maximum absolute atomic E-state index is 14.1. The summed E-state index contributed by atoms with van der Waals surface area (Å²) in [7, 11) is 2.12. The van der Waals surface area contributed by atoms with Gasteiger partial charge in [-0.25, -0.2) is 4.98 Å². The number of benzene rings is 1. The quantitative estimate of drug-likeness (QED) is 0.291. The maximum atomic E-state index is 14.1. The molecule has 40 heavy (non-hydrogen) atoms. The normalized spacial score (nSPS) is 13.9. The second kappa shape index (κ2) is 11.5. The summed E-state index contributed by atoms with van der Waals surface area (Å²) in [4.78, 5) is 27.3. The van der Waals surface area contributed by atoms with Gasteiger partial charge in [0.25, 0.3) is 5.91 Å². The first kappa shape index (κ1) is 27.4. The lowest BCUT2D eigenvalue weighted by atomic mass is 9.86. The average Bonchev–Trinajstić information content (AvgIpc) is 3.42. The molecule has 1 aliphatic heterocycles. The SMILES string of the molecule is CCOc1cc([C@H](C)N2CCc3c(cc(CCN(C)CC)cc3-c3cn4ccnc4cc3C)C2=O)ncc1C#N. The number of hydrogen-bond acceptors (Lipinski definition) is 6. The van der Waals surface area contributed by atoms with Crippen molar-refractivity contribution in [3.8, 4) is 22.9 Å². The Bertz CT molecular complexity index is 1600. The summed E-state index contributed by atoms with van der Waals surface area (Å²) in [5.74, 6) is 0.507. The third-order valence-electron chi connectivity index (χ3n) is 7.96. The molecule has 0 spiro atoms. The summed E-state index contributed by atoms with van der Waals surface area (Å²) < 4.78 is 7.72. The van der Waals surface area contributed by atoms with Gasteiger partial charge in [0, 0.05) is 55.1 Å². The van der Waals surface area contributed by atoms with Gasteiger partial charge < -0.3 is 18.9 Å². The minimum absolute atomic E-state index is 0.00572. The molecule has 206 valence electrons. The van der Waals surface area contributed by atoms with Crippen molar-refractivity contribution in [2.24, 2.45) is 0 Å². The standard InChI is InChI=1S/C32H36N6O2/c1-6-36(5)11-8-23-15-26(28-20-37-13-10-34-31(37)14-21(28)3)25-9-12-38(32(39)27(25)16-23)22(4)29-17-30(40-7-2)24(18-33)19-35-29/h10,13-17,19-20,22H,6-9,11-12H2,1-5H3/t22-/m0/s1. The molecule has 1 atom stereocenters. The highest BCUT2D eigenvalue weighted by molar-refractivity contribution is 5.99. The minimum atomic E-state index is -0.269. The summed E-state index contributed by atoms with van der Waals surface area (Å²) in [6.45, 7) is 11.1. The van der Waals surface area contributed by atoms with Gasteiger partial charge >= 0.3 is 0 Å². The fourth-order valence-electron chi connectivity index (χ4n) is 5.45. The summed E-state index contributed by atoms with van der Waals surface area (Å²) in [6.07, 6.45) is 9.03. The predicted octanol–water partition coefficient (Wildman–Crippen LogP) is 5.23. The zero-order chi connectivity index (χ0) is 28.4. The molecule has 1 amide bonds. The lowest BCUT2D eigenvalue weighted by molar-refractivity contribution is 0.0669. The van der Waals surface area contributed by atoms with E-state index in [0.717, 1.165) is 65.0 Å². The third kappa shape index (κ3) is 5.17. The maximum Gasteiger partial charge on any atom is 0.254 e. The molecular weight excluding hydrogens is 500 g/mol. The Balaban J connectivity index is 1.56. The first-order valence-electron chi connectivity index (χ1n) is 14.0. The number of carbonyl (C=O) groups excluding carboxylic acids is 1. The number of aryl methyl sites for hydroxylation is 1. The van der Waals surface area contributed by atoms with Gasteiger partial charge in [0.05, 0.1) is 18.3 Å². The third-order valence-corrected chi connectivity index (χ3v) is 7.96. The van der Waals surface area contributed by atoms with Crippen molar-refractivity contribution in [1.29, 1.82) is 5.26 Å². The highest BCUT2D eigenvalue weighted by atomic mass is 16.5. The van der Waals surface area contributed by atoms with E-state index in [1.807, 2.05) is 35.5 Å². The second-order valence-corrected chi connectivity index (χ2v) is 10.5. The van der Waals surface area contributed by atoms with Crippen molar-refractivity contribution >= 4 is 11.6 Å². The van der Waals surface area contributed by atoms with Crippen LogP contribution >= 0.6 is 0 Å². The molecule has 4 aromatic rings. The van der Waals surface area contributed by atoms with Crippen molar-refractivity contribution in [1.82, 2.24) is 24.2 Å². The van der Waals surface area contributed by atoms with Crippen LogP contribution in [0.4, 0.5) is 0 Å². The van der Waals surface area contributed by atoms with Gasteiger partial charge in [-0.05, 0) is 81.6 Å². The lowest BCUT2D eigenvalue weighted by Gasteiger charge is -2.35. The van der Waals surface area contributed by atoms with E-state index >= 15 is 0 Å². The van der Waals surface area contributed by atoms with E-state index in [9.17, 15) is 10.1 Å². The molecule has 5 rings (SSSR count). The van der Waals surface area contributed by atoms with Crippen molar-refractivity contribution < 1.29 is 9.53 Å². The number of carbonyl (C=O) groups is 1. The molecule has 0 fully saturated rings. The number of pyridine rings is 2. The molecule has 0 N–H and O–H groups in total. The molecule has 0 unspecified atom stereocenters. The average molecular weight is 537 g/mol. The van der Waals surface area contributed by atoms with Crippen molar-refractivity contribution in [3.63, 3.8) is 0 Å². The minimum Gasteiger partial charge on any atom is -0.492 e. The first-order chi connectivity index (χ1) is 19.3. The fraction of sp³-hybridized carbons (Fsp3) is 0.375. The number of amides is 1. The van der Waals surface area contributed by atoms with Crippen LogP contribution in [-0.2, 0) is 12.8 Å². The van der Waals surface area contributed by atoms with Crippen molar-refractivity contribution in [3.05, 3.63) is 82.6 Å². The molecule has 3 aromatic heterocycles. The van der Waals surface area contributed by atoms with Crippen molar-refractivity contribution in [2.45, 2.75) is 46.6 Å². The molecule has 8 nitrogen and oxygen atoms in total. The fourth-order valence-corrected chi connectivity index (χ4v) is 5.45. The lowest BCUT2D eigenvalue weighted by Crippen LogP contribution is -2.40. The number of nitriles is 1. The number of imidazole rings is 1. The van der Waals surface area contributed by atoms with Gasteiger partial charge in [0.15, 0.2) is 0 Å². The Morgan fingerprint density at radius 2 is 1.95 bits per heavy atom. The van der Waals surface area contributed by atoms with Crippen LogP contribution in [0.5, 0.6) is 5.75 Å². The smallest absolute Gasteiger partial charge is 0.254 e. The van der Waals surface area contributed by atoms with E-state index in [-0.39, 0.29) is 11.9 Å². The first-order valence-corrected chi connectivity index (χ1v) is 14.0. The highest BCUT2D eigenvalue weighted by Gasteiger charge is 2.32. The molecule has 0 saturated carbocycles. The number of likely N-dealkylation sites (N-methyl/N-ethyl adjacent to an activating group) is 1. The molecular formula is C32H36N6O2. The Morgan fingerprint density at radius 3 is 2.70 bits per heavy atom. The number of hydrogen-bond donors (Lipinski definition) is 0. The van der Waals surface area contributed by atoms with Gasteiger partial charge in [-0.15, -0.1) is 0 Å². The van der Waals surface area contributed by atoms with E-state index in [4.69, 9.17) is 4.74 Å². The zero-order valence-electron chi connectivity index (χ0n) is 23.9. The zero-order valence-corrected chi connectivity index (χ0v) is 23.9. The summed E-state index contributed by atoms with van der Waals surface area (Å²) in [6, 6.07) is 10.1. The summed E-state index contributed by atoms with van der Waals surface area (Å²) in [5.41, 5.74) is 8.39. The second-order valence-electron chi connectivity index (χ2n) is 10.5.